The van der Waals surface area contributed by atoms with Crippen molar-refractivity contribution in [3.63, 3.8) is 0 Å². The van der Waals surface area contributed by atoms with Gasteiger partial charge in [0.2, 0.25) is 11.9 Å². The molecule has 5 nitrogen and oxygen atoms in total. The van der Waals surface area contributed by atoms with Crippen molar-refractivity contribution in [2.75, 3.05) is 6.61 Å². The Hall–Kier alpha value is -2.82. The molecule has 2 heterocycles. The highest BCUT2D eigenvalue weighted by Gasteiger charge is 2.27. The Morgan fingerprint density at radius 1 is 1.00 bits per heavy atom. The summed E-state index contributed by atoms with van der Waals surface area (Å²) in [5.74, 6) is 2.40. The van der Waals surface area contributed by atoms with Crippen LogP contribution < -0.4 is 9.47 Å². The van der Waals surface area contributed by atoms with Gasteiger partial charge in [-0.05, 0) is 19.1 Å². The summed E-state index contributed by atoms with van der Waals surface area (Å²) in [6.45, 7) is 2.39. The first-order valence-electron chi connectivity index (χ1n) is 7.09. The Bertz CT molecular complexity index is 796. The van der Waals surface area contributed by atoms with Gasteiger partial charge in [0.05, 0.1) is 0 Å². The van der Waals surface area contributed by atoms with E-state index < -0.39 is 0 Å². The van der Waals surface area contributed by atoms with Gasteiger partial charge in [0.15, 0.2) is 11.5 Å². The van der Waals surface area contributed by atoms with Gasteiger partial charge < -0.3 is 14.0 Å². The molecule has 3 aromatic rings. The first kappa shape index (κ1) is 12.9. The first-order chi connectivity index (χ1) is 10.8. The summed E-state index contributed by atoms with van der Waals surface area (Å²) >= 11 is 0. The standard InChI is InChI=1S/C17H14N2O3/c1-11-6-8-12(9-7-11)16-18-17(22-19-16)15-10-20-13-4-2-3-5-14(13)21-15/h2-9,15H,10H2,1H3/t15-/m1/s1. The molecule has 110 valence electrons. The van der Waals surface area contributed by atoms with Gasteiger partial charge in [-0.15, -0.1) is 0 Å². The maximum absolute atomic E-state index is 5.87. The van der Waals surface area contributed by atoms with Crippen molar-refractivity contribution in [3.05, 3.63) is 60.0 Å². The van der Waals surface area contributed by atoms with Crippen molar-refractivity contribution < 1.29 is 14.0 Å². The molecule has 0 saturated carbocycles. The average molecular weight is 294 g/mol. The summed E-state index contributed by atoms with van der Waals surface area (Å²) < 4.78 is 16.9. The molecule has 4 rings (SSSR count). The minimum Gasteiger partial charge on any atom is -0.485 e. The van der Waals surface area contributed by atoms with Crippen LogP contribution in [0.2, 0.25) is 0 Å². The molecule has 0 fully saturated rings. The topological polar surface area (TPSA) is 57.4 Å². The zero-order valence-corrected chi connectivity index (χ0v) is 12.0. The zero-order valence-electron chi connectivity index (χ0n) is 12.0. The van der Waals surface area contributed by atoms with Crippen molar-refractivity contribution >= 4 is 0 Å². The van der Waals surface area contributed by atoms with Crippen LogP contribution in [0.5, 0.6) is 11.5 Å². The molecule has 0 radical (unpaired) electrons. The van der Waals surface area contributed by atoms with E-state index in [2.05, 4.69) is 10.1 Å². The molecule has 0 unspecified atom stereocenters. The van der Waals surface area contributed by atoms with Gasteiger partial charge in [-0.25, -0.2) is 0 Å². The number of fused-ring (bicyclic) bond motifs is 1. The molecule has 0 saturated heterocycles. The molecule has 1 aliphatic rings. The lowest BCUT2D eigenvalue weighted by molar-refractivity contribution is 0.0665. The fraction of sp³-hybridized carbons (Fsp3) is 0.176. The smallest absolute Gasteiger partial charge is 0.271 e. The van der Waals surface area contributed by atoms with E-state index >= 15 is 0 Å². The normalized spacial score (nSPS) is 16.5. The molecular formula is C17H14N2O3. The van der Waals surface area contributed by atoms with Crippen LogP contribution in [0.15, 0.2) is 53.1 Å². The van der Waals surface area contributed by atoms with Crippen molar-refractivity contribution in [1.82, 2.24) is 10.1 Å². The number of hydrogen-bond acceptors (Lipinski definition) is 5. The lowest BCUT2D eigenvalue weighted by atomic mass is 10.1. The monoisotopic (exact) mass is 294 g/mol. The molecule has 2 aromatic carbocycles. The molecule has 0 aliphatic carbocycles. The van der Waals surface area contributed by atoms with Gasteiger partial charge in [-0.2, -0.15) is 4.98 Å². The van der Waals surface area contributed by atoms with E-state index in [0.29, 0.717) is 24.1 Å². The third-order valence-corrected chi connectivity index (χ3v) is 3.54. The van der Waals surface area contributed by atoms with Gasteiger partial charge in [-0.3, -0.25) is 0 Å². The Labute approximate surface area is 127 Å². The van der Waals surface area contributed by atoms with Gasteiger partial charge >= 0.3 is 0 Å². The Morgan fingerprint density at radius 3 is 2.59 bits per heavy atom. The van der Waals surface area contributed by atoms with E-state index in [4.69, 9.17) is 14.0 Å². The quantitative estimate of drug-likeness (QED) is 0.723. The lowest BCUT2D eigenvalue weighted by Crippen LogP contribution is -2.21. The largest absolute Gasteiger partial charge is 0.485 e. The predicted molar refractivity (Wildman–Crippen MR) is 79.8 cm³/mol. The van der Waals surface area contributed by atoms with Crippen molar-refractivity contribution in [2.45, 2.75) is 13.0 Å². The molecule has 0 bridgehead atoms. The molecule has 5 heteroatoms. The first-order valence-corrected chi connectivity index (χ1v) is 7.09. The number of aryl methyl sites for hydroxylation is 1. The van der Waals surface area contributed by atoms with Crippen LogP contribution in [0.4, 0.5) is 0 Å². The van der Waals surface area contributed by atoms with Crippen LogP contribution in [0.25, 0.3) is 11.4 Å². The highest BCUT2D eigenvalue weighted by molar-refractivity contribution is 5.54. The van der Waals surface area contributed by atoms with E-state index in [1.807, 2.05) is 55.5 Å². The molecule has 0 amide bonds. The second-order valence-electron chi connectivity index (χ2n) is 5.19. The maximum Gasteiger partial charge on any atom is 0.271 e. The Kier molecular flexibility index (Phi) is 3.04. The molecule has 0 spiro atoms. The van der Waals surface area contributed by atoms with Crippen LogP contribution in [-0.2, 0) is 0 Å². The zero-order chi connectivity index (χ0) is 14.9. The fourth-order valence-electron chi connectivity index (χ4n) is 2.33. The summed E-state index contributed by atoms with van der Waals surface area (Å²) in [7, 11) is 0. The second kappa shape index (κ2) is 5.18. The maximum atomic E-state index is 5.87. The number of nitrogens with zero attached hydrogens (tertiary/aromatic N) is 2. The molecule has 1 aliphatic heterocycles. The van der Waals surface area contributed by atoms with E-state index in [-0.39, 0.29) is 6.10 Å². The fourth-order valence-corrected chi connectivity index (χ4v) is 2.33. The van der Waals surface area contributed by atoms with Crippen LogP contribution in [0.3, 0.4) is 0 Å². The van der Waals surface area contributed by atoms with Gasteiger partial charge in [0, 0.05) is 5.56 Å². The van der Waals surface area contributed by atoms with E-state index in [1.54, 1.807) is 0 Å². The van der Waals surface area contributed by atoms with E-state index in [9.17, 15) is 0 Å². The van der Waals surface area contributed by atoms with Crippen LogP contribution in [0, 0.1) is 6.92 Å². The molecule has 22 heavy (non-hydrogen) atoms. The van der Waals surface area contributed by atoms with Gasteiger partial charge in [-0.1, -0.05) is 47.1 Å². The van der Waals surface area contributed by atoms with Gasteiger partial charge in [0.25, 0.3) is 5.89 Å². The third-order valence-electron chi connectivity index (χ3n) is 3.54. The number of rotatable bonds is 2. The highest BCUT2D eigenvalue weighted by atomic mass is 16.6. The van der Waals surface area contributed by atoms with E-state index in [0.717, 1.165) is 11.3 Å². The molecule has 1 atom stereocenters. The summed E-state index contributed by atoms with van der Waals surface area (Å²) in [5.41, 5.74) is 2.10. The Balaban J connectivity index is 1.59. The van der Waals surface area contributed by atoms with Crippen molar-refractivity contribution in [3.8, 4) is 22.9 Å². The van der Waals surface area contributed by atoms with Crippen LogP contribution >= 0.6 is 0 Å². The SMILES string of the molecule is Cc1ccc(-c2noc([C@H]3COc4ccccc4O3)n2)cc1. The summed E-state index contributed by atoms with van der Waals surface area (Å²) in [6, 6.07) is 15.5. The summed E-state index contributed by atoms with van der Waals surface area (Å²) in [4.78, 5) is 4.42. The molecular weight excluding hydrogens is 280 g/mol. The average Bonchev–Trinajstić information content (AvgIpc) is 3.05. The minimum absolute atomic E-state index is 0.354. The van der Waals surface area contributed by atoms with Crippen LogP contribution in [-0.4, -0.2) is 16.7 Å². The Morgan fingerprint density at radius 2 is 1.77 bits per heavy atom. The number of para-hydroxylation sites is 2. The third kappa shape index (κ3) is 2.30. The number of hydrogen-bond donors (Lipinski definition) is 0. The minimum atomic E-state index is -0.387. The lowest BCUT2D eigenvalue weighted by Gasteiger charge is -2.23. The summed E-state index contributed by atoms with van der Waals surface area (Å²) in [5, 5.41) is 4.03. The van der Waals surface area contributed by atoms with Crippen molar-refractivity contribution in [1.29, 1.82) is 0 Å². The van der Waals surface area contributed by atoms with E-state index in [1.165, 1.54) is 5.56 Å². The van der Waals surface area contributed by atoms with Crippen molar-refractivity contribution in [2.24, 2.45) is 0 Å². The van der Waals surface area contributed by atoms with Crippen LogP contribution in [0.1, 0.15) is 17.6 Å². The molecule has 0 N–H and O–H groups in total. The number of benzene rings is 2. The second-order valence-corrected chi connectivity index (χ2v) is 5.19. The summed E-state index contributed by atoms with van der Waals surface area (Å²) in [6.07, 6.45) is -0.387. The highest BCUT2D eigenvalue weighted by Crippen LogP contribution is 2.35. The molecule has 1 aromatic heterocycles. The van der Waals surface area contributed by atoms with Gasteiger partial charge in [0.1, 0.15) is 6.61 Å². The number of aromatic nitrogens is 2. The number of ether oxygens (including phenoxy) is 2. The predicted octanol–water partition coefficient (Wildman–Crippen LogP) is 3.56.